The Morgan fingerprint density at radius 2 is 1.77 bits per heavy atom. The third kappa shape index (κ3) is 4.56. The molecule has 4 rings (SSSR count). The maximum atomic E-state index is 12.4. The van der Waals surface area contributed by atoms with E-state index < -0.39 is 0 Å². The summed E-state index contributed by atoms with van der Waals surface area (Å²) in [4.78, 5) is 32.8. The maximum Gasteiger partial charge on any atom is 0.255 e. The lowest BCUT2D eigenvalue weighted by molar-refractivity contribution is 0.0949. The molecule has 0 aliphatic heterocycles. The van der Waals surface area contributed by atoms with Gasteiger partial charge in [-0.2, -0.15) is 5.10 Å². The van der Waals surface area contributed by atoms with Crippen molar-refractivity contribution in [1.29, 1.82) is 0 Å². The van der Waals surface area contributed by atoms with Gasteiger partial charge in [0.05, 0.1) is 5.56 Å². The molecule has 0 saturated carbocycles. The lowest BCUT2D eigenvalue weighted by Crippen LogP contribution is -2.23. The first-order chi connectivity index (χ1) is 14.7. The Morgan fingerprint density at radius 3 is 2.50 bits per heavy atom. The largest absolute Gasteiger partial charge is 0.348 e. The normalized spacial score (nSPS) is 10.4. The Kier molecular flexibility index (Phi) is 5.56. The first-order valence-electron chi connectivity index (χ1n) is 9.23. The van der Waals surface area contributed by atoms with Crippen LogP contribution in [0, 0.1) is 0 Å². The van der Waals surface area contributed by atoms with Crippen molar-refractivity contribution >= 4 is 17.5 Å². The van der Waals surface area contributed by atoms with Crippen LogP contribution in [-0.2, 0) is 6.54 Å². The average Bonchev–Trinajstić information content (AvgIpc) is 3.33. The molecule has 3 heterocycles. The molecule has 30 heavy (non-hydrogen) atoms. The molecule has 0 spiro atoms. The molecule has 0 atom stereocenters. The summed E-state index contributed by atoms with van der Waals surface area (Å²) in [7, 11) is 0. The molecule has 0 aliphatic carbocycles. The molecule has 0 fully saturated rings. The summed E-state index contributed by atoms with van der Waals surface area (Å²) >= 11 is 0. The minimum absolute atomic E-state index is 0.220. The first-order valence-corrected chi connectivity index (χ1v) is 9.23. The number of nitrogens with one attached hydrogen (secondary N) is 2. The Labute approximate surface area is 172 Å². The fourth-order valence-corrected chi connectivity index (χ4v) is 2.81. The second-order valence-electron chi connectivity index (χ2n) is 6.43. The number of hydrogen-bond donors (Lipinski definition) is 2. The fraction of sp³-hybridized carbons (Fsp3) is 0.0455. The number of nitrogens with zero attached hydrogens (tertiary/aromatic N) is 4. The minimum Gasteiger partial charge on any atom is -0.348 e. The number of anilines is 1. The second kappa shape index (κ2) is 8.78. The highest BCUT2D eigenvalue weighted by Crippen LogP contribution is 2.13. The Bertz CT molecular complexity index is 1140. The first kappa shape index (κ1) is 19.0. The molecule has 0 bridgehead atoms. The van der Waals surface area contributed by atoms with Gasteiger partial charge >= 0.3 is 0 Å². The smallest absolute Gasteiger partial charge is 0.255 e. The molecule has 0 aliphatic rings. The third-order valence-electron chi connectivity index (χ3n) is 4.33. The summed E-state index contributed by atoms with van der Waals surface area (Å²) < 4.78 is 1.62. The van der Waals surface area contributed by atoms with Gasteiger partial charge in [-0.15, -0.1) is 0 Å². The van der Waals surface area contributed by atoms with Crippen LogP contribution < -0.4 is 10.6 Å². The maximum absolute atomic E-state index is 12.4. The molecule has 148 valence electrons. The van der Waals surface area contributed by atoms with Crippen LogP contribution in [0.3, 0.4) is 0 Å². The molecule has 1 aromatic carbocycles. The number of carbonyl (C=O) groups is 2. The van der Waals surface area contributed by atoms with Crippen LogP contribution in [0.5, 0.6) is 0 Å². The van der Waals surface area contributed by atoms with Gasteiger partial charge in [0.15, 0.2) is 5.82 Å². The van der Waals surface area contributed by atoms with Crippen molar-refractivity contribution in [3.63, 3.8) is 0 Å². The molecule has 8 heteroatoms. The zero-order valence-corrected chi connectivity index (χ0v) is 15.9. The zero-order chi connectivity index (χ0) is 20.8. The summed E-state index contributed by atoms with van der Waals surface area (Å²) in [6.45, 7) is 0.318. The number of aromatic nitrogens is 4. The lowest BCUT2D eigenvalue weighted by Gasteiger charge is -2.09. The van der Waals surface area contributed by atoms with E-state index in [-0.39, 0.29) is 11.8 Å². The van der Waals surface area contributed by atoms with E-state index >= 15 is 0 Å². The van der Waals surface area contributed by atoms with E-state index in [2.05, 4.69) is 25.7 Å². The van der Waals surface area contributed by atoms with Crippen LogP contribution >= 0.6 is 0 Å². The highest BCUT2D eigenvalue weighted by Gasteiger charge is 2.09. The standard InChI is InChI=1S/C22H18N6O2/c29-21(18-5-6-20(24-15-18)28-12-2-9-26-28)25-14-16-3-1-4-19(13-16)27-22(30)17-7-10-23-11-8-17/h1-13,15H,14H2,(H,25,29)(H,27,30). The van der Waals surface area contributed by atoms with Crippen LogP contribution in [0.2, 0.25) is 0 Å². The monoisotopic (exact) mass is 398 g/mol. The van der Waals surface area contributed by atoms with E-state index in [1.807, 2.05) is 18.2 Å². The number of rotatable bonds is 6. The molecular formula is C22H18N6O2. The SMILES string of the molecule is O=C(NCc1cccc(NC(=O)c2ccncc2)c1)c1ccc(-n2cccn2)nc1. The van der Waals surface area contributed by atoms with Crippen molar-refractivity contribution in [2.24, 2.45) is 0 Å². The van der Waals surface area contributed by atoms with Gasteiger partial charge in [0.1, 0.15) is 0 Å². The van der Waals surface area contributed by atoms with Gasteiger partial charge in [-0.3, -0.25) is 14.6 Å². The molecule has 0 saturated heterocycles. The molecule has 2 amide bonds. The second-order valence-corrected chi connectivity index (χ2v) is 6.43. The van der Waals surface area contributed by atoms with Crippen LogP contribution in [0.4, 0.5) is 5.69 Å². The molecule has 3 aromatic heterocycles. The van der Waals surface area contributed by atoms with Crippen LogP contribution in [0.15, 0.2) is 85.6 Å². The Hall–Kier alpha value is -4.33. The van der Waals surface area contributed by atoms with E-state index in [0.29, 0.717) is 29.2 Å². The van der Waals surface area contributed by atoms with Crippen molar-refractivity contribution in [2.45, 2.75) is 6.54 Å². The van der Waals surface area contributed by atoms with Crippen molar-refractivity contribution in [3.8, 4) is 5.82 Å². The van der Waals surface area contributed by atoms with Crippen molar-refractivity contribution in [1.82, 2.24) is 25.1 Å². The van der Waals surface area contributed by atoms with Crippen LogP contribution in [0.1, 0.15) is 26.3 Å². The highest BCUT2D eigenvalue weighted by atomic mass is 16.2. The Balaban J connectivity index is 1.36. The van der Waals surface area contributed by atoms with Crippen LogP contribution in [-0.4, -0.2) is 31.6 Å². The number of hydrogen-bond acceptors (Lipinski definition) is 5. The summed E-state index contributed by atoms with van der Waals surface area (Å²) in [6, 6.07) is 15.8. The molecule has 0 radical (unpaired) electrons. The summed E-state index contributed by atoms with van der Waals surface area (Å²) in [5.74, 6) is 0.178. The van der Waals surface area contributed by atoms with Gasteiger partial charge in [0, 0.05) is 48.8 Å². The van der Waals surface area contributed by atoms with Gasteiger partial charge < -0.3 is 10.6 Å². The molecule has 2 N–H and O–H groups in total. The fourth-order valence-electron chi connectivity index (χ4n) is 2.81. The molecular weight excluding hydrogens is 380 g/mol. The van der Waals surface area contributed by atoms with Gasteiger partial charge in [0.25, 0.3) is 11.8 Å². The molecule has 0 unspecified atom stereocenters. The zero-order valence-electron chi connectivity index (χ0n) is 15.9. The topological polar surface area (TPSA) is 102 Å². The number of pyridine rings is 2. The van der Waals surface area contributed by atoms with Gasteiger partial charge in [-0.05, 0) is 48.0 Å². The van der Waals surface area contributed by atoms with E-state index in [1.54, 1.807) is 65.9 Å². The van der Waals surface area contributed by atoms with E-state index in [4.69, 9.17) is 0 Å². The number of amides is 2. The van der Waals surface area contributed by atoms with Crippen molar-refractivity contribution in [3.05, 3.63) is 102 Å². The van der Waals surface area contributed by atoms with E-state index in [9.17, 15) is 9.59 Å². The molecule has 8 nitrogen and oxygen atoms in total. The van der Waals surface area contributed by atoms with Gasteiger partial charge in [0.2, 0.25) is 0 Å². The van der Waals surface area contributed by atoms with Crippen molar-refractivity contribution < 1.29 is 9.59 Å². The van der Waals surface area contributed by atoms with E-state index in [1.165, 1.54) is 6.20 Å². The van der Waals surface area contributed by atoms with E-state index in [0.717, 1.165) is 5.56 Å². The summed E-state index contributed by atoms with van der Waals surface area (Å²) in [5, 5.41) is 9.80. The predicted molar refractivity (Wildman–Crippen MR) is 111 cm³/mol. The number of carbonyl (C=O) groups excluding carboxylic acids is 2. The Morgan fingerprint density at radius 1 is 0.900 bits per heavy atom. The molecule has 4 aromatic rings. The summed E-state index contributed by atoms with van der Waals surface area (Å²) in [6.07, 6.45) is 8.09. The van der Waals surface area contributed by atoms with Gasteiger partial charge in [-0.25, -0.2) is 9.67 Å². The summed E-state index contributed by atoms with van der Waals surface area (Å²) in [5.41, 5.74) is 2.48. The lowest BCUT2D eigenvalue weighted by atomic mass is 10.1. The third-order valence-corrected chi connectivity index (χ3v) is 4.33. The average molecular weight is 398 g/mol. The minimum atomic E-state index is -0.235. The number of benzene rings is 1. The van der Waals surface area contributed by atoms with Crippen molar-refractivity contribution in [2.75, 3.05) is 5.32 Å². The van der Waals surface area contributed by atoms with Gasteiger partial charge in [-0.1, -0.05) is 12.1 Å². The quantitative estimate of drug-likeness (QED) is 0.520. The predicted octanol–water partition coefficient (Wildman–Crippen LogP) is 2.84. The highest BCUT2D eigenvalue weighted by molar-refractivity contribution is 6.04. The van der Waals surface area contributed by atoms with Crippen LogP contribution in [0.25, 0.3) is 5.82 Å².